The highest BCUT2D eigenvalue weighted by Gasteiger charge is 2.02. The number of hydrogen-bond acceptors (Lipinski definition) is 2. The van der Waals surface area contributed by atoms with Crippen LogP contribution in [0.1, 0.15) is 30.2 Å². The third kappa shape index (κ3) is 4.15. The molecule has 0 bridgehead atoms. The molecule has 0 aliphatic rings. The van der Waals surface area contributed by atoms with Gasteiger partial charge in [-0.25, -0.2) is 0 Å². The van der Waals surface area contributed by atoms with Crippen molar-refractivity contribution in [2.75, 3.05) is 6.61 Å². The van der Waals surface area contributed by atoms with Crippen LogP contribution in [0.15, 0.2) is 54.7 Å². The van der Waals surface area contributed by atoms with Crippen molar-refractivity contribution in [3.8, 4) is 5.75 Å². The number of pyridine rings is 1. The molecule has 0 radical (unpaired) electrons. The van der Waals surface area contributed by atoms with Gasteiger partial charge in [-0.15, -0.1) is 12.4 Å². The molecule has 3 heteroatoms. The lowest BCUT2D eigenvalue weighted by atomic mass is 10.0. The van der Waals surface area contributed by atoms with Gasteiger partial charge in [-0.1, -0.05) is 55.5 Å². The van der Waals surface area contributed by atoms with E-state index >= 15 is 0 Å². The minimum absolute atomic E-state index is 0. The molecule has 0 N–H and O–H groups in total. The Morgan fingerprint density at radius 2 is 1.83 bits per heavy atom. The van der Waals surface area contributed by atoms with E-state index in [1.54, 1.807) is 0 Å². The SMILES string of the molecule is CCCOc1cc(C=Cc2cccc3ccccc23)ncc1C.Cl. The Labute approximate surface area is 149 Å². The zero-order valence-corrected chi connectivity index (χ0v) is 14.8. The first-order valence-electron chi connectivity index (χ1n) is 8.03. The fraction of sp³-hybridized carbons (Fsp3) is 0.190. The maximum Gasteiger partial charge on any atom is 0.125 e. The van der Waals surface area contributed by atoms with Crippen LogP contribution in [0.25, 0.3) is 22.9 Å². The third-order valence-corrected chi connectivity index (χ3v) is 3.79. The molecular formula is C21H22ClNO. The lowest BCUT2D eigenvalue weighted by Crippen LogP contribution is -1.98. The minimum Gasteiger partial charge on any atom is -0.493 e. The number of benzene rings is 2. The Balaban J connectivity index is 0.00000208. The summed E-state index contributed by atoms with van der Waals surface area (Å²) in [6.07, 6.45) is 7.03. The van der Waals surface area contributed by atoms with Crippen molar-refractivity contribution in [3.63, 3.8) is 0 Å². The van der Waals surface area contributed by atoms with Crippen molar-refractivity contribution >= 4 is 35.3 Å². The van der Waals surface area contributed by atoms with E-state index in [9.17, 15) is 0 Å². The summed E-state index contributed by atoms with van der Waals surface area (Å²) < 4.78 is 5.77. The molecule has 0 saturated heterocycles. The standard InChI is InChI=1S/C21H21NO.ClH/c1-3-13-23-21-14-19(22-15-16(21)2)12-11-18-9-6-8-17-7-4-5-10-20(17)18;/h4-12,14-15H,3,13H2,1-2H3;1H. The number of rotatable bonds is 5. The molecule has 24 heavy (non-hydrogen) atoms. The van der Waals surface area contributed by atoms with E-state index in [4.69, 9.17) is 4.74 Å². The smallest absolute Gasteiger partial charge is 0.125 e. The van der Waals surface area contributed by atoms with Crippen LogP contribution in [0.4, 0.5) is 0 Å². The van der Waals surface area contributed by atoms with Crippen LogP contribution < -0.4 is 4.74 Å². The predicted octanol–water partition coefficient (Wildman–Crippen LogP) is 5.92. The molecule has 3 aromatic rings. The zero-order chi connectivity index (χ0) is 16.1. The van der Waals surface area contributed by atoms with Crippen molar-refractivity contribution in [2.24, 2.45) is 0 Å². The van der Waals surface area contributed by atoms with Gasteiger partial charge in [0.15, 0.2) is 0 Å². The van der Waals surface area contributed by atoms with Crippen LogP contribution in [0.5, 0.6) is 5.75 Å². The number of halogens is 1. The highest BCUT2D eigenvalue weighted by atomic mass is 35.5. The van der Waals surface area contributed by atoms with E-state index in [1.807, 2.05) is 25.3 Å². The van der Waals surface area contributed by atoms with Crippen molar-refractivity contribution in [1.29, 1.82) is 0 Å². The average molecular weight is 340 g/mol. The van der Waals surface area contributed by atoms with Crippen molar-refractivity contribution in [1.82, 2.24) is 4.98 Å². The molecule has 3 rings (SSSR count). The topological polar surface area (TPSA) is 22.1 Å². The van der Waals surface area contributed by atoms with Crippen LogP contribution in [-0.4, -0.2) is 11.6 Å². The van der Waals surface area contributed by atoms with Gasteiger partial charge in [0.25, 0.3) is 0 Å². The fourth-order valence-electron chi connectivity index (χ4n) is 2.55. The number of fused-ring (bicyclic) bond motifs is 1. The summed E-state index contributed by atoms with van der Waals surface area (Å²) in [4.78, 5) is 4.48. The summed E-state index contributed by atoms with van der Waals surface area (Å²) in [6.45, 7) is 4.87. The van der Waals surface area contributed by atoms with Crippen LogP contribution >= 0.6 is 12.4 Å². The van der Waals surface area contributed by atoms with E-state index in [0.717, 1.165) is 30.0 Å². The zero-order valence-electron chi connectivity index (χ0n) is 14.0. The Hall–Kier alpha value is -2.32. The normalized spacial score (nSPS) is 10.8. The van der Waals surface area contributed by atoms with Gasteiger partial charge in [-0.05, 0) is 35.8 Å². The second kappa shape index (κ2) is 8.51. The summed E-state index contributed by atoms with van der Waals surface area (Å²) in [5, 5.41) is 2.50. The lowest BCUT2D eigenvalue weighted by molar-refractivity contribution is 0.315. The molecular weight excluding hydrogens is 318 g/mol. The quantitative estimate of drug-likeness (QED) is 0.575. The number of aryl methyl sites for hydroxylation is 1. The maximum atomic E-state index is 5.77. The van der Waals surface area contributed by atoms with Crippen LogP contribution in [0.3, 0.4) is 0 Å². The molecule has 0 saturated carbocycles. The number of ether oxygens (including phenoxy) is 1. The largest absolute Gasteiger partial charge is 0.493 e. The van der Waals surface area contributed by atoms with E-state index in [-0.39, 0.29) is 12.4 Å². The first kappa shape index (κ1) is 18.0. The molecule has 1 aromatic heterocycles. The average Bonchev–Trinajstić information content (AvgIpc) is 2.60. The van der Waals surface area contributed by atoms with Gasteiger partial charge in [-0.3, -0.25) is 4.98 Å². The van der Waals surface area contributed by atoms with Crippen LogP contribution in [-0.2, 0) is 0 Å². The summed E-state index contributed by atoms with van der Waals surface area (Å²) in [5.41, 5.74) is 3.18. The number of aromatic nitrogens is 1. The summed E-state index contributed by atoms with van der Waals surface area (Å²) in [5.74, 6) is 0.916. The molecule has 124 valence electrons. The van der Waals surface area contributed by atoms with Crippen LogP contribution in [0, 0.1) is 6.92 Å². The Kier molecular flexibility index (Phi) is 6.39. The lowest BCUT2D eigenvalue weighted by Gasteiger charge is -2.08. The van der Waals surface area contributed by atoms with Gasteiger partial charge in [0, 0.05) is 17.8 Å². The second-order valence-electron chi connectivity index (χ2n) is 5.62. The summed E-state index contributed by atoms with van der Waals surface area (Å²) in [6, 6.07) is 16.8. The van der Waals surface area contributed by atoms with E-state index in [1.165, 1.54) is 16.3 Å². The summed E-state index contributed by atoms with van der Waals surface area (Å²) in [7, 11) is 0. The fourth-order valence-corrected chi connectivity index (χ4v) is 2.55. The predicted molar refractivity (Wildman–Crippen MR) is 105 cm³/mol. The summed E-state index contributed by atoms with van der Waals surface area (Å²) >= 11 is 0. The van der Waals surface area contributed by atoms with E-state index in [0.29, 0.717) is 0 Å². The molecule has 0 amide bonds. The number of hydrogen-bond donors (Lipinski definition) is 0. The van der Waals surface area contributed by atoms with Gasteiger partial charge in [0.1, 0.15) is 5.75 Å². The van der Waals surface area contributed by atoms with Crippen molar-refractivity contribution < 1.29 is 4.74 Å². The maximum absolute atomic E-state index is 5.77. The third-order valence-electron chi connectivity index (χ3n) is 3.79. The molecule has 1 heterocycles. The highest BCUT2D eigenvalue weighted by molar-refractivity contribution is 5.92. The molecule has 2 aromatic carbocycles. The Bertz CT molecular complexity index is 837. The van der Waals surface area contributed by atoms with Crippen molar-refractivity contribution in [3.05, 3.63) is 71.5 Å². The number of nitrogens with zero attached hydrogens (tertiary/aromatic N) is 1. The Morgan fingerprint density at radius 1 is 1.04 bits per heavy atom. The van der Waals surface area contributed by atoms with Gasteiger partial charge in [0.2, 0.25) is 0 Å². The van der Waals surface area contributed by atoms with Crippen LogP contribution in [0.2, 0.25) is 0 Å². The molecule has 0 unspecified atom stereocenters. The first-order valence-corrected chi connectivity index (χ1v) is 8.03. The monoisotopic (exact) mass is 339 g/mol. The second-order valence-corrected chi connectivity index (χ2v) is 5.62. The van der Waals surface area contributed by atoms with Gasteiger partial charge in [0.05, 0.1) is 12.3 Å². The molecule has 0 aliphatic carbocycles. The Morgan fingerprint density at radius 3 is 2.67 bits per heavy atom. The van der Waals surface area contributed by atoms with Gasteiger partial charge < -0.3 is 4.74 Å². The highest BCUT2D eigenvalue weighted by Crippen LogP contribution is 2.22. The van der Waals surface area contributed by atoms with E-state index in [2.05, 4.69) is 60.4 Å². The molecule has 0 aliphatic heterocycles. The molecule has 0 fully saturated rings. The van der Waals surface area contributed by atoms with Crippen molar-refractivity contribution in [2.45, 2.75) is 20.3 Å². The molecule has 2 nitrogen and oxygen atoms in total. The molecule has 0 spiro atoms. The van der Waals surface area contributed by atoms with E-state index < -0.39 is 0 Å². The molecule has 0 atom stereocenters. The van der Waals surface area contributed by atoms with Gasteiger partial charge in [-0.2, -0.15) is 0 Å². The minimum atomic E-state index is 0. The first-order chi connectivity index (χ1) is 11.3. The van der Waals surface area contributed by atoms with Gasteiger partial charge >= 0.3 is 0 Å².